The van der Waals surface area contributed by atoms with Gasteiger partial charge >= 0.3 is 6.18 Å². The molecule has 0 heterocycles. The van der Waals surface area contributed by atoms with Crippen molar-refractivity contribution in [2.24, 2.45) is 0 Å². The van der Waals surface area contributed by atoms with Crippen LogP contribution < -0.4 is 5.32 Å². The quantitative estimate of drug-likeness (QED) is 0.776. The van der Waals surface area contributed by atoms with E-state index in [4.69, 9.17) is 0 Å². The van der Waals surface area contributed by atoms with E-state index in [9.17, 15) is 13.2 Å². The van der Waals surface area contributed by atoms with E-state index in [1.54, 1.807) is 0 Å². The second kappa shape index (κ2) is 6.45. The summed E-state index contributed by atoms with van der Waals surface area (Å²) in [5.74, 6) is 0. The molecule has 0 radical (unpaired) electrons. The highest BCUT2D eigenvalue weighted by Crippen LogP contribution is 2.26. The third-order valence-corrected chi connectivity index (χ3v) is 3.31. The monoisotopic (exact) mass is 323 g/mol. The Bertz CT molecular complexity index is 390. The van der Waals surface area contributed by atoms with Gasteiger partial charge in [-0.2, -0.15) is 13.2 Å². The molecule has 1 aromatic carbocycles. The molecule has 0 aliphatic carbocycles. The number of halogens is 4. The maximum Gasteiger partial charge on any atom is 0.389 e. The van der Waals surface area contributed by atoms with Crippen LogP contribution in [-0.2, 0) is 0 Å². The van der Waals surface area contributed by atoms with Crippen LogP contribution in [0.25, 0.3) is 0 Å². The van der Waals surface area contributed by atoms with E-state index >= 15 is 0 Å². The molecular formula is C13H17BrF3N. The predicted molar refractivity (Wildman–Crippen MR) is 71.9 cm³/mol. The molecule has 1 aromatic rings. The summed E-state index contributed by atoms with van der Waals surface area (Å²) in [6, 6.07) is 5.90. The molecule has 1 unspecified atom stereocenters. The minimum atomic E-state index is -4.05. The molecule has 0 saturated carbocycles. The lowest BCUT2D eigenvalue weighted by atomic mass is 10.1. The summed E-state index contributed by atoms with van der Waals surface area (Å²) in [4.78, 5) is 0. The maximum atomic E-state index is 12.0. The van der Waals surface area contributed by atoms with E-state index in [-0.39, 0.29) is 12.5 Å². The van der Waals surface area contributed by atoms with Gasteiger partial charge in [-0.15, -0.1) is 0 Å². The second-order valence-corrected chi connectivity index (χ2v) is 5.39. The van der Waals surface area contributed by atoms with Crippen LogP contribution in [0, 0.1) is 6.92 Å². The third kappa shape index (κ3) is 5.76. The van der Waals surface area contributed by atoms with E-state index in [1.807, 2.05) is 32.0 Å². The van der Waals surface area contributed by atoms with Gasteiger partial charge in [0, 0.05) is 22.6 Å². The molecule has 0 bridgehead atoms. The molecule has 0 fully saturated rings. The van der Waals surface area contributed by atoms with Crippen LogP contribution in [0.15, 0.2) is 22.7 Å². The van der Waals surface area contributed by atoms with Crippen LogP contribution in [0.5, 0.6) is 0 Å². The smallest absolute Gasteiger partial charge is 0.382 e. The third-order valence-electron chi connectivity index (χ3n) is 2.62. The summed E-state index contributed by atoms with van der Waals surface area (Å²) in [6.07, 6.45) is -4.11. The van der Waals surface area contributed by atoms with Gasteiger partial charge < -0.3 is 5.32 Å². The summed E-state index contributed by atoms with van der Waals surface area (Å²) in [6.45, 7) is 3.87. The SMILES string of the molecule is Cc1ccc(Br)c(NC(C)CCCC(F)(F)F)c1. The molecule has 0 aromatic heterocycles. The van der Waals surface area contributed by atoms with Crippen LogP contribution in [0.1, 0.15) is 31.7 Å². The zero-order valence-corrected chi connectivity index (χ0v) is 12.0. The van der Waals surface area contributed by atoms with Crippen molar-refractivity contribution in [1.29, 1.82) is 0 Å². The van der Waals surface area contributed by atoms with Gasteiger partial charge in [-0.05, 0) is 60.3 Å². The largest absolute Gasteiger partial charge is 0.389 e. The number of rotatable bonds is 5. The number of hydrogen-bond donors (Lipinski definition) is 1. The molecule has 1 rings (SSSR count). The van der Waals surface area contributed by atoms with Gasteiger partial charge in [-0.25, -0.2) is 0 Å². The number of nitrogens with one attached hydrogen (secondary N) is 1. The lowest BCUT2D eigenvalue weighted by Crippen LogP contribution is -2.17. The van der Waals surface area contributed by atoms with Crippen LogP contribution in [-0.4, -0.2) is 12.2 Å². The first-order chi connectivity index (χ1) is 8.28. The molecular weight excluding hydrogens is 307 g/mol. The van der Waals surface area contributed by atoms with Crippen LogP contribution in [0.2, 0.25) is 0 Å². The van der Waals surface area contributed by atoms with Crippen molar-refractivity contribution in [3.05, 3.63) is 28.2 Å². The van der Waals surface area contributed by atoms with Crippen LogP contribution >= 0.6 is 15.9 Å². The van der Waals surface area contributed by atoms with Crippen molar-refractivity contribution in [2.75, 3.05) is 5.32 Å². The topological polar surface area (TPSA) is 12.0 Å². The fraction of sp³-hybridized carbons (Fsp3) is 0.538. The Morgan fingerprint density at radius 3 is 2.61 bits per heavy atom. The van der Waals surface area contributed by atoms with E-state index in [0.29, 0.717) is 6.42 Å². The van der Waals surface area contributed by atoms with Crippen molar-refractivity contribution < 1.29 is 13.2 Å². The molecule has 1 nitrogen and oxygen atoms in total. The minimum Gasteiger partial charge on any atom is -0.382 e. The lowest BCUT2D eigenvalue weighted by Gasteiger charge is -2.17. The predicted octanol–water partition coefficient (Wildman–Crippen LogP) is 5.29. The molecule has 0 spiro atoms. The first kappa shape index (κ1) is 15.3. The first-order valence-corrected chi connectivity index (χ1v) is 6.66. The molecule has 18 heavy (non-hydrogen) atoms. The Balaban J connectivity index is 2.44. The van der Waals surface area contributed by atoms with Gasteiger partial charge in [0.1, 0.15) is 0 Å². The number of aryl methyl sites for hydroxylation is 1. The van der Waals surface area contributed by atoms with Gasteiger partial charge in [0.25, 0.3) is 0 Å². The van der Waals surface area contributed by atoms with Crippen molar-refractivity contribution >= 4 is 21.6 Å². The molecule has 0 aliphatic heterocycles. The fourth-order valence-corrected chi connectivity index (χ4v) is 2.06. The van der Waals surface area contributed by atoms with Crippen LogP contribution in [0.3, 0.4) is 0 Å². The highest BCUT2D eigenvalue weighted by atomic mass is 79.9. The highest BCUT2D eigenvalue weighted by Gasteiger charge is 2.26. The highest BCUT2D eigenvalue weighted by molar-refractivity contribution is 9.10. The molecule has 1 N–H and O–H groups in total. The average Bonchev–Trinajstić information content (AvgIpc) is 2.21. The Morgan fingerprint density at radius 2 is 2.00 bits per heavy atom. The van der Waals surface area contributed by atoms with Crippen molar-refractivity contribution in [1.82, 2.24) is 0 Å². The van der Waals surface area contributed by atoms with Crippen LogP contribution in [0.4, 0.5) is 18.9 Å². The average molecular weight is 324 g/mol. The number of alkyl halides is 3. The number of benzene rings is 1. The van der Waals surface area contributed by atoms with Crippen molar-refractivity contribution in [3.8, 4) is 0 Å². The van der Waals surface area contributed by atoms with E-state index in [2.05, 4.69) is 21.2 Å². The van der Waals surface area contributed by atoms with Gasteiger partial charge in [0.2, 0.25) is 0 Å². The van der Waals surface area contributed by atoms with Crippen molar-refractivity contribution in [3.63, 3.8) is 0 Å². The molecule has 0 amide bonds. The Morgan fingerprint density at radius 1 is 1.33 bits per heavy atom. The van der Waals surface area contributed by atoms with E-state index in [0.717, 1.165) is 15.7 Å². The number of anilines is 1. The summed E-state index contributed by atoms with van der Waals surface area (Å²) in [5, 5.41) is 3.22. The number of hydrogen-bond acceptors (Lipinski definition) is 1. The summed E-state index contributed by atoms with van der Waals surface area (Å²) < 4.78 is 37.0. The maximum absolute atomic E-state index is 12.0. The molecule has 0 saturated heterocycles. The Hall–Kier alpha value is -0.710. The summed E-state index contributed by atoms with van der Waals surface area (Å²) >= 11 is 3.42. The lowest BCUT2D eigenvalue weighted by molar-refractivity contribution is -0.135. The normalized spacial score (nSPS) is 13.4. The standard InChI is InChI=1S/C13H17BrF3N/c1-9-5-6-11(14)12(8-9)18-10(2)4-3-7-13(15,16)17/h5-6,8,10,18H,3-4,7H2,1-2H3. The Kier molecular flexibility index (Phi) is 5.50. The van der Waals surface area contributed by atoms with Gasteiger partial charge in [0.05, 0.1) is 0 Å². The molecule has 1 atom stereocenters. The first-order valence-electron chi connectivity index (χ1n) is 5.87. The van der Waals surface area contributed by atoms with Crippen molar-refractivity contribution in [2.45, 2.75) is 45.3 Å². The second-order valence-electron chi connectivity index (χ2n) is 4.54. The Labute approximate surface area is 114 Å². The van der Waals surface area contributed by atoms with E-state index in [1.165, 1.54) is 0 Å². The summed E-state index contributed by atoms with van der Waals surface area (Å²) in [5.41, 5.74) is 2.04. The van der Waals surface area contributed by atoms with Gasteiger partial charge in [-0.1, -0.05) is 6.07 Å². The zero-order chi connectivity index (χ0) is 13.8. The molecule has 5 heteroatoms. The molecule has 102 valence electrons. The van der Waals surface area contributed by atoms with Gasteiger partial charge in [-0.3, -0.25) is 0 Å². The molecule has 0 aliphatic rings. The zero-order valence-electron chi connectivity index (χ0n) is 10.4. The van der Waals surface area contributed by atoms with Gasteiger partial charge in [0.15, 0.2) is 0 Å². The minimum absolute atomic E-state index is 0.0189. The summed E-state index contributed by atoms with van der Waals surface area (Å²) in [7, 11) is 0. The van der Waals surface area contributed by atoms with E-state index < -0.39 is 12.6 Å². The fourth-order valence-electron chi connectivity index (χ4n) is 1.70.